The summed E-state index contributed by atoms with van der Waals surface area (Å²) < 4.78 is 1.64. The van der Waals surface area contributed by atoms with Gasteiger partial charge in [0, 0.05) is 18.8 Å². The number of carbonyl (C=O) groups is 1. The summed E-state index contributed by atoms with van der Waals surface area (Å²) in [6.07, 6.45) is 1.84. The number of aromatic nitrogens is 2. The highest BCUT2D eigenvalue weighted by atomic mass is 16.1. The number of hydrogen-bond donors (Lipinski definition) is 1. The average molecular weight is 206 g/mol. The third-order valence-electron chi connectivity index (χ3n) is 2.25. The van der Waals surface area contributed by atoms with E-state index < -0.39 is 0 Å². The molecule has 0 radical (unpaired) electrons. The zero-order valence-electron chi connectivity index (χ0n) is 9.11. The summed E-state index contributed by atoms with van der Waals surface area (Å²) in [5.41, 5.74) is 1.37. The molecule has 0 bridgehead atoms. The van der Waals surface area contributed by atoms with Gasteiger partial charge in [0.2, 0.25) is 0 Å². The first-order chi connectivity index (χ1) is 7.06. The van der Waals surface area contributed by atoms with Crippen LogP contribution >= 0.6 is 0 Å². The van der Waals surface area contributed by atoms with Gasteiger partial charge in [-0.3, -0.25) is 9.48 Å². The number of nitrogens with one attached hydrogen (secondary N) is 1. The van der Waals surface area contributed by atoms with Crippen LogP contribution in [0.15, 0.2) is 6.20 Å². The van der Waals surface area contributed by atoms with E-state index in [0.29, 0.717) is 12.0 Å². The lowest BCUT2D eigenvalue weighted by atomic mass is 10.2. The van der Waals surface area contributed by atoms with Gasteiger partial charge in [-0.1, -0.05) is 0 Å². The predicted octanol–water partition coefficient (Wildman–Crippen LogP) is 0.760. The molecule has 0 aliphatic rings. The first-order valence-corrected chi connectivity index (χ1v) is 4.72. The van der Waals surface area contributed by atoms with Crippen LogP contribution < -0.4 is 5.32 Å². The monoisotopic (exact) mass is 206 g/mol. The molecule has 15 heavy (non-hydrogen) atoms. The first kappa shape index (κ1) is 11.2. The van der Waals surface area contributed by atoms with Gasteiger partial charge in [0.25, 0.3) is 5.91 Å². The fourth-order valence-electron chi connectivity index (χ4n) is 1.21. The molecule has 0 fully saturated rings. The van der Waals surface area contributed by atoms with E-state index >= 15 is 0 Å². The third-order valence-corrected chi connectivity index (χ3v) is 2.25. The summed E-state index contributed by atoms with van der Waals surface area (Å²) in [5.74, 6) is -0.177. The molecule has 80 valence electrons. The van der Waals surface area contributed by atoms with Crippen LogP contribution in [-0.2, 0) is 7.05 Å². The molecule has 1 aromatic rings. The van der Waals surface area contributed by atoms with Gasteiger partial charge in [-0.25, -0.2) is 0 Å². The lowest BCUT2D eigenvalue weighted by molar-refractivity contribution is 0.0940. The molecule has 1 amide bonds. The Labute approximate surface area is 88.7 Å². The minimum absolute atomic E-state index is 0.137. The number of rotatable bonds is 3. The van der Waals surface area contributed by atoms with Crippen LogP contribution in [0.2, 0.25) is 0 Å². The molecule has 1 unspecified atom stereocenters. The lowest BCUT2D eigenvalue weighted by Gasteiger charge is -2.09. The van der Waals surface area contributed by atoms with E-state index in [1.54, 1.807) is 18.7 Å². The molecule has 0 spiro atoms. The minimum atomic E-state index is -0.177. The fourth-order valence-corrected chi connectivity index (χ4v) is 1.21. The number of hydrogen-bond acceptors (Lipinski definition) is 3. The first-order valence-electron chi connectivity index (χ1n) is 4.72. The number of nitriles is 1. The maximum Gasteiger partial charge on any atom is 0.254 e. The summed E-state index contributed by atoms with van der Waals surface area (Å²) in [6, 6.07) is 1.87. The highest BCUT2D eigenvalue weighted by Crippen LogP contribution is 2.05. The Morgan fingerprint density at radius 1 is 1.80 bits per heavy atom. The molecule has 1 aromatic heterocycles. The highest BCUT2D eigenvalue weighted by Gasteiger charge is 2.14. The lowest BCUT2D eigenvalue weighted by Crippen LogP contribution is -2.32. The molecular formula is C10H14N4O. The molecule has 0 aliphatic heterocycles. The normalized spacial score (nSPS) is 11.9. The van der Waals surface area contributed by atoms with Crippen molar-refractivity contribution in [1.82, 2.24) is 15.1 Å². The zero-order valence-corrected chi connectivity index (χ0v) is 9.11. The SMILES string of the molecule is Cc1c(C(=O)NC(C)CC#N)cnn1C. The van der Waals surface area contributed by atoms with Crippen LogP contribution in [0.4, 0.5) is 0 Å². The van der Waals surface area contributed by atoms with Crippen molar-refractivity contribution >= 4 is 5.91 Å². The average Bonchev–Trinajstić information content (AvgIpc) is 2.48. The summed E-state index contributed by atoms with van der Waals surface area (Å²) in [5, 5.41) is 15.2. The Morgan fingerprint density at radius 2 is 2.47 bits per heavy atom. The molecular weight excluding hydrogens is 192 g/mol. The third kappa shape index (κ3) is 2.56. The van der Waals surface area contributed by atoms with Crippen molar-refractivity contribution in [2.75, 3.05) is 0 Å². The minimum Gasteiger partial charge on any atom is -0.348 e. The van der Waals surface area contributed by atoms with E-state index in [9.17, 15) is 4.79 Å². The summed E-state index contributed by atoms with van der Waals surface area (Å²) in [7, 11) is 1.78. The molecule has 1 atom stereocenters. The van der Waals surface area contributed by atoms with Gasteiger partial charge in [0.1, 0.15) is 0 Å². The van der Waals surface area contributed by atoms with E-state index in [4.69, 9.17) is 5.26 Å². The van der Waals surface area contributed by atoms with Crippen LogP contribution in [0.25, 0.3) is 0 Å². The van der Waals surface area contributed by atoms with Gasteiger partial charge in [0.15, 0.2) is 0 Å². The largest absolute Gasteiger partial charge is 0.348 e. The maximum absolute atomic E-state index is 11.7. The second kappa shape index (κ2) is 4.60. The van der Waals surface area contributed by atoms with Crippen LogP contribution in [0, 0.1) is 18.3 Å². The Bertz CT molecular complexity index is 402. The Kier molecular flexibility index (Phi) is 3.45. The Hall–Kier alpha value is -1.83. The van der Waals surface area contributed by atoms with Gasteiger partial charge < -0.3 is 5.32 Å². The van der Waals surface area contributed by atoms with Crippen LogP contribution in [0.5, 0.6) is 0 Å². The molecule has 1 rings (SSSR count). The van der Waals surface area contributed by atoms with Gasteiger partial charge in [0.05, 0.1) is 24.3 Å². The molecule has 5 heteroatoms. The maximum atomic E-state index is 11.7. The molecule has 5 nitrogen and oxygen atoms in total. The van der Waals surface area contributed by atoms with E-state index in [1.807, 2.05) is 13.0 Å². The van der Waals surface area contributed by atoms with Crippen molar-refractivity contribution in [2.45, 2.75) is 26.3 Å². The topological polar surface area (TPSA) is 70.7 Å². The van der Waals surface area contributed by atoms with E-state index in [2.05, 4.69) is 10.4 Å². The highest BCUT2D eigenvalue weighted by molar-refractivity contribution is 5.95. The molecule has 0 saturated carbocycles. The number of carbonyl (C=O) groups excluding carboxylic acids is 1. The van der Waals surface area contributed by atoms with Crippen molar-refractivity contribution < 1.29 is 4.79 Å². The Morgan fingerprint density at radius 3 is 2.93 bits per heavy atom. The van der Waals surface area contributed by atoms with E-state index in [-0.39, 0.29) is 11.9 Å². The van der Waals surface area contributed by atoms with Crippen molar-refractivity contribution in [3.05, 3.63) is 17.5 Å². The van der Waals surface area contributed by atoms with Crippen LogP contribution in [0.1, 0.15) is 29.4 Å². The number of amides is 1. The summed E-state index contributed by atoms with van der Waals surface area (Å²) >= 11 is 0. The fraction of sp³-hybridized carbons (Fsp3) is 0.500. The molecule has 0 aliphatic carbocycles. The van der Waals surface area contributed by atoms with Gasteiger partial charge in [-0.2, -0.15) is 10.4 Å². The summed E-state index contributed by atoms with van der Waals surface area (Å²) in [4.78, 5) is 11.7. The molecule has 0 saturated heterocycles. The summed E-state index contributed by atoms with van der Waals surface area (Å²) in [6.45, 7) is 3.63. The predicted molar refractivity (Wildman–Crippen MR) is 55.1 cm³/mol. The van der Waals surface area contributed by atoms with Crippen molar-refractivity contribution in [1.29, 1.82) is 5.26 Å². The van der Waals surface area contributed by atoms with Crippen molar-refractivity contribution in [3.63, 3.8) is 0 Å². The molecule has 1 heterocycles. The van der Waals surface area contributed by atoms with Crippen molar-refractivity contribution in [2.24, 2.45) is 7.05 Å². The van der Waals surface area contributed by atoms with Crippen LogP contribution in [-0.4, -0.2) is 21.7 Å². The van der Waals surface area contributed by atoms with Gasteiger partial charge in [-0.05, 0) is 13.8 Å². The smallest absolute Gasteiger partial charge is 0.254 e. The van der Waals surface area contributed by atoms with Crippen molar-refractivity contribution in [3.8, 4) is 6.07 Å². The Balaban J connectivity index is 2.70. The number of aryl methyl sites for hydroxylation is 1. The second-order valence-electron chi connectivity index (χ2n) is 3.50. The van der Waals surface area contributed by atoms with Gasteiger partial charge in [-0.15, -0.1) is 0 Å². The quantitative estimate of drug-likeness (QED) is 0.793. The standard InChI is InChI=1S/C10H14N4O/c1-7(4-5-11)13-10(15)9-6-12-14(3)8(9)2/h6-7H,4H2,1-3H3,(H,13,15). The van der Waals surface area contributed by atoms with Gasteiger partial charge >= 0.3 is 0 Å². The second-order valence-corrected chi connectivity index (χ2v) is 3.50. The van der Waals surface area contributed by atoms with Crippen LogP contribution in [0.3, 0.4) is 0 Å². The zero-order chi connectivity index (χ0) is 11.4. The van der Waals surface area contributed by atoms with E-state index in [0.717, 1.165) is 5.69 Å². The molecule has 0 aromatic carbocycles. The molecule has 1 N–H and O–H groups in total. The number of nitrogens with zero attached hydrogens (tertiary/aromatic N) is 3. The van der Waals surface area contributed by atoms with E-state index in [1.165, 1.54) is 6.20 Å².